The molecule has 0 rings (SSSR count). The van der Waals surface area contributed by atoms with E-state index in [-0.39, 0.29) is 31.1 Å². The molecule has 0 aromatic heterocycles. The third kappa shape index (κ3) is 12.8. The van der Waals surface area contributed by atoms with E-state index in [0.29, 0.717) is 0 Å². The molecular weight excluding hydrogens is 765 g/mol. The summed E-state index contributed by atoms with van der Waals surface area (Å²) in [5.74, 6) is -20.8. The van der Waals surface area contributed by atoms with Crippen molar-refractivity contribution in [1.29, 1.82) is 0 Å². The van der Waals surface area contributed by atoms with Gasteiger partial charge in [-0.25, -0.2) is 22.0 Å². The Hall–Kier alpha value is -0.138. The molecule has 0 aliphatic heterocycles. The van der Waals surface area contributed by atoms with Crippen LogP contribution in [0.25, 0.3) is 0 Å². The van der Waals surface area contributed by atoms with E-state index < -0.39 is 99.0 Å². The quantitative estimate of drug-likeness (QED) is 0.154. The van der Waals surface area contributed by atoms with Gasteiger partial charge in [0.25, 0.3) is 11.8 Å². The summed E-state index contributed by atoms with van der Waals surface area (Å²) in [6.07, 6.45) is -36.4. The summed E-state index contributed by atoms with van der Waals surface area (Å²) in [6, 6.07) is 0. The standard InChI is InChI=1S/C17H18F17.U/c1-8(14(23,24)25)3-9(15(26,27)28)4-10(16(29,30)31)5-12(19,20)7-13(21,22)6-11(2,18)17(32,33)34;/h8-10H,1,3-7H2,2H3;/q-1;. The molecule has 210 valence electrons. The molecule has 0 amide bonds. The number of halogens is 17. The van der Waals surface area contributed by atoms with Gasteiger partial charge in [0, 0.05) is 37.5 Å². The van der Waals surface area contributed by atoms with Crippen molar-refractivity contribution >= 4 is 0 Å². The monoisotopic (exact) mass is 783 g/mol. The molecule has 0 aromatic rings. The molecule has 4 unspecified atom stereocenters. The Morgan fingerprint density at radius 2 is 0.943 bits per heavy atom. The Morgan fingerprint density at radius 3 is 1.26 bits per heavy atom. The second-order valence-corrected chi connectivity index (χ2v) is 8.15. The molecule has 0 aliphatic rings. The number of hydrogen-bond donors (Lipinski definition) is 0. The average Bonchev–Trinajstić information content (AvgIpc) is 2.46. The summed E-state index contributed by atoms with van der Waals surface area (Å²) < 4.78 is 221. The van der Waals surface area contributed by atoms with Crippen LogP contribution in [-0.2, 0) is 0 Å². The van der Waals surface area contributed by atoms with Gasteiger partial charge >= 0.3 is 24.7 Å². The third-order valence-electron chi connectivity index (χ3n) is 4.77. The molecule has 0 saturated carbocycles. The maximum absolute atomic E-state index is 13.9. The van der Waals surface area contributed by atoms with Crippen LogP contribution in [0.1, 0.15) is 39.0 Å². The first-order valence-corrected chi connectivity index (χ1v) is 9.05. The van der Waals surface area contributed by atoms with E-state index in [1.807, 2.05) is 0 Å². The van der Waals surface area contributed by atoms with Crippen molar-refractivity contribution in [1.82, 2.24) is 0 Å². The van der Waals surface area contributed by atoms with Gasteiger partial charge in [-0.05, 0) is 13.3 Å². The molecule has 0 spiro atoms. The maximum Gasteiger partial charge on any atom is 0.422 e. The Labute approximate surface area is 211 Å². The van der Waals surface area contributed by atoms with E-state index in [2.05, 4.69) is 6.92 Å². The zero-order valence-corrected chi connectivity index (χ0v) is 21.6. The molecule has 0 saturated heterocycles. The van der Waals surface area contributed by atoms with Crippen molar-refractivity contribution in [3.63, 3.8) is 0 Å². The van der Waals surface area contributed by atoms with Crippen LogP contribution in [0.4, 0.5) is 74.6 Å². The Balaban J connectivity index is 0. The summed E-state index contributed by atoms with van der Waals surface area (Å²) in [5.41, 5.74) is -4.74. The van der Waals surface area contributed by atoms with Crippen molar-refractivity contribution in [2.75, 3.05) is 0 Å². The molecule has 18 heteroatoms. The fraction of sp³-hybridized carbons (Fsp3) is 0.941. The third-order valence-corrected chi connectivity index (χ3v) is 4.77. The molecule has 0 aromatic carbocycles. The maximum atomic E-state index is 13.9. The average molecular weight is 783 g/mol. The molecule has 0 fully saturated rings. The first kappa shape index (κ1) is 37.0. The van der Waals surface area contributed by atoms with Gasteiger partial charge in [-0.1, -0.05) is 12.3 Å². The van der Waals surface area contributed by atoms with Crippen molar-refractivity contribution in [2.24, 2.45) is 17.8 Å². The van der Waals surface area contributed by atoms with Crippen molar-refractivity contribution < 1.29 is 106 Å². The fourth-order valence-corrected chi connectivity index (χ4v) is 2.98. The molecule has 0 nitrogen and oxygen atoms in total. The van der Waals surface area contributed by atoms with Gasteiger partial charge in [-0.3, -0.25) is 0 Å². The van der Waals surface area contributed by atoms with Crippen LogP contribution in [0, 0.1) is 55.8 Å². The van der Waals surface area contributed by atoms with Gasteiger partial charge in [0.2, 0.25) is 5.67 Å². The zero-order valence-electron chi connectivity index (χ0n) is 17.4. The largest absolute Gasteiger partial charge is 0.422 e. The normalized spacial score (nSPS) is 18.9. The smallest absolute Gasteiger partial charge is 0.332 e. The van der Waals surface area contributed by atoms with Crippen LogP contribution in [0.5, 0.6) is 0 Å². The SMILES string of the molecule is [CH2-]C(CC(CC(CC(F)(F)CC(F)(F)CC(C)(F)C(F)(F)F)C(F)(F)F)C(F)(F)F)C(F)(F)F.[U]. The van der Waals surface area contributed by atoms with Crippen molar-refractivity contribution in [2.45, 2.75) is 81.2 Å². The second-order valence-electron chi connectivity index (χ2n) is 8.15. The predicted molar refractivity (Wildman–Crippen MR) is 82.5 cm³/mol. The van der Waals surface area contributed by atoms with Gasteiger partial charge in [0.1, 0.15) is 0 Å². The van der Waals surface area contributed by atoms with Crippen LogP contribution in [0.3, 0.4) is 0 Å². The second kappa shape index (κ2) is 11.7. The molecule has 0 aliphatic carbocycles. The van der Waals surface area contributed by atoms with Crippen LogP contribution in [0.15, 0.2) is 0 Å². The predicted octanol–water partition coefficient (Wildman–Crippen LogP) is 8.87. The molecule has 35 heavy (non-hydrogen) atoms. The van der Waals surface area contributed by atoms with E-state index in [0.717, 1.165) is 0 Å². The number of hydrogen-bond acceptors (Lipinski definition) is 0. The van der Waals surface area contributed by atoms with Crippen molar-refractivity contribution in [3.05, 3.63) is 6.92 Å². The minimum Gasteiger partial charge on any atom is -0.332 e. The molecule has 0 N–H and O–H groups in total. The van der Waals surface area contributed by atoms with Crippen LogP contribution in [0.2, 0.25) is 0 Å². The first-order valence-electron chi connectivity index (χ1n) is 9.05. The summed E-state index contributed by atoms with van der Waals surface area (Å²) in [7, 11) is 0. The van der Waals surface area contributed by atoms with E-state index in [1.54, 1.807) is 0 Å². The van der Waals surface area contributed by atoms with Crippen LogP contribution in [-0.4, -0.2) is 42.2 Å². The van der Waals surface area contributed by atoms with Gasteiger partial charge < -0.3 is 6.92 Å². The molecule has 4 atom stereocenters. The van der Waals surface area contributed by atoms with Gasteiger partial charge in [0.15, 0.2) is 0 Å². The summed E-state index contributed by atoms with van der Waals surface area (Å²) in [4.78, 5) is 0. The minimum absolute atomic E-state index is 0. The Bertz CT molecular complexity index is 641. The van der Waals surface area contributed by atoms with E-state index in [4.69, 9.17) is 0 Å². The topological polar surface area (TPSA) is 0 Å². The summed E-state index contributed by atoms with van der Waals surface area (Å²) >= 11 is 0. The summed E-state index contributed by atoms with van der Waals surface area (Å²) in [5, 5.41) is 0. The molecular formula is C17H18F17U-. The van der Waals surface area contributed by atoms with Gasteiger partial charge in [0.05, 0.1) is 24.7 Å². The fourth-order valence-electron chi connectivity index (χ4n) is 2.98. The van der Waals surface area contributed by atoms with Crippen molar-refractivity contribution in [3.8, 4) is 0 Å². The number of alkyl halides is 17. The summed E-state index contributed by atoms with van der Waals surface area (Å²) in [6.45, 7) is 1.88. The van der Waals surface area contributed by atoms with E-state index in [1.165, 1.54) is 0 Å². The van der Waals surface area contributed by atoms with Gasteiger partial charge in [-0.15, -0.1) is 0 Å². The number of rotatable bonds is 10. The van der Waals surface area contributed by atoms with Crippen LogP contribution >= 0.6 is 0 Å². The first-order chi connectivity index (χ1) is 14.5. The molecule has 0 radical (unpaired) electrons. The van der Waals surface area contributed by atoms with E-state index >= 15 is 0 Å². The Kier molecular flexibility index (Phi) is 12.4. The minimum atomic E-state index is -5.97. The molecule has 0 heterocycles. The van der Waals surface area contributed by atoms with Gasteiger partial charge in [-0.2, -0.15) is 52.7 Å². The van der Waals surface area contributed by atoms with E-state index in [9.17, 15) is 74.6 Å². The molecule has 0 bridgehead atoms. The Morgan fingerprint density at radius 1 is 0.543 bits per heavy atom. The zero-order chi connectivity index (χ0) is 27.8. The van der Waals surface area contributed by atoms with Crippen LogP contribution < -0.4 is 0 Å².